The van der Waals surface area contributed by atoms with Gasteiger partial charge in [0.25, 0.3) is 5.69 Å². The van der Waals surface area contributed by atoms with Crippen LogP contribution in [0.15, 0.2) is 23.6 Å². The van der Waals surface area contributed by atoms with Gasteiger partial charge in [-0.05, 0) is 18.5 Å². The number of rotatable bonds is 4. The maximum Gasteiger partial charge on any atom is 0.321 e. The van der Waals surface area contributed by atoms with Crippen LogP contribution in [0.4, 0.5) is 0 Å². The summed E-state index contributed by atoms with van der Waals surface area (Å²) in [6.07, 6.45) is 3.06. The highest BCUT2D eigenvalue weighted by molar-refractivity contribution is 6.10. The van der Waals surface area contributed by atoms with Gasteiger partial charge in [0.2, 0.25) is 5.78 Å². The maximum atomic E-state index is 12.8. The molecule has 0 amide bonds. The summed E-state index contributed by atoms with van der Waals surface area (Å²) in [5.74, 6) is -0.456. The molecule has 24 heavy (non-hydrogen) atoms. The summed E-state index contributed by atoms with van der Waals surface area (Å²) in [5, 5.41) is 21.9. The van der Waals surface area contributed by atoms with E-state index < -0.39 is 5.78 Å². The van der Waals surface area contributed by atoms with Crippen LogP contribution in [-0.2, 0) is 14.1 Å². The summed E-state index contributed by atoms with van der Waals surface area (Å²) < 4.78 is 8.01. The van der Waals surface area contributed by atoms with Crippen LogP contribution in [0.5, 0.6) is 0 Å². The van der Waals surface area contributed by atoms with Crippen molar-refractivity contribution in [2.45, 2.75) is 13.8 Å². The molecule has 0 fully saturated rings. The largest absolute Gasteiger partial charge is 0.321 e. The van der Waals surface area contributed by atoms with Crippen LogP contribution in [0.1, 0.15) is 38.7 Å². The average molecular weight is 329 g/mol. The lowest BCUT2D eigenvalue weighted by atomic mass is 10.0. The van der Waals surface area contributed by atoms with Gasteiger partial charge in [-0.2, -0.15) is 10.2 Å². The standard InChI is InChI=1S/C15H17N6O3/c1-8(11-6-16-19(4)9(11)2)13-14(21(23)24-18-13)15(22)12-7-17-20(5)10(12)3/h6-7,23H,1H2,2-5H3/q+1. The first kappa shape index (κ1) is 15.7. The third-order valence-electron chi connectivity index (χ3n) is 4.17. The van der Waals surface area contributed by atoms with E-state index in [1.165, 1.54) is 6.20 Å². The van der Waals surface area contributed by atoms with Crippen molar-refractivity contribution in [3.05, 3.63) is 52.9 Å². The van der Waals surface area contributed by atoms with Gasteiger partial charge < -0.3 is 5.21 Å². The Morgan fingerprint density at radius 1 is 1.17 bits per heavy atom. The van der Waals surface area contributed by atoms with Gasteiger partial charge in [-0.3, -0.25) is 14.2 Å². The van der Waals surface area contributed by atoms with Crippen molar-refractivity contribution < 1.29 is 19.5 Å². The van der Waals surface area contributed by atoms with Gasteiger partial charge in [-0.1, -0.05) is 6.58 Å². The number of hydrogen-bond donors (Lipinski definition) is 1. The van der Waals surface area contributed by atoms with E-state index in [9.17, 15) is 10.0 Å². The minimum Gasteiger partial charge on any atom is -0.316 e. The molecule has 3 aromatic heterocycles. The van der Waals surface area contributed by atoms with Crippen molar-refractivity contribution in [2.24, 2.45) is 14.1 Å². The fraction of sp³-hybridized carbons (Fsp3) is 0.267. The Hall–Kier alpha value is -3.23. The van der Waals surface area contributed by atoms with Crippen molar-refractivity contribution in [3.8, 4) is 0 Å². The summed E-state index contributed by atoms with van der Waals surface area (Å²) in [4.78, 5) is 13.2. The number of aryl methyl sites for hydroxylation is 2. The lowest BCUT2D eigenvalue weighted by molar-refractivity contribution is -1.04. The van der Waals surface area contributed by atoms with Gasteiger partial charge in [-0.25, -0.2) is 0 Å². The van der Waals surface area contributed by atoms with Crippen LogP contribution in [0.2, 0.25) is 0 Å². The summed E-state index contributed by atoms with van der Waals surface area (Å²) in [5.41, 5.74) is 3.05. The molecule has 0 bridgehead atoms. The SMILES string of the molecule is C=C(c1cnn(C)c1C)c1no[n+](O)c1C(=O)c1cnn(C)c1C. The van der Waals surface area contributed by atoms with Crippen molar-refractivity contribution in [1.29, 1.82) is 0 Å². The molecule has 0 radical (unpaired) electrons. The minimum absolute atomic E-state index is 0.112. The Kier molecular flexibility index (Phi) is 3.55. The van der Waals surface area contributed by atoms with E-state index in [1.807, 2.05) is 6.92 Å². The van der Waals surface area contributed by atoms with E-state index in [0.717, 1.165) is 5.69 Å². The quantitative estimate of drug-likeness (QED) is 0.555. The summed E-state index contributed by atoms with van der Waals surface area (Å²) >= 11 is 0. The topological polar surface area (TPSA) is 103 Å². The molecule has 9 heteroatoms. The minimum atomic E-state index is -0.456. The molecule has 124 valence electrons. The third-order valence-corrected chi connectivity index (χ3v) is 4.17. The Labute approximate surface area is 137 Å². The lowest BCUT2D eigenvalue weighted by Crippen LogP contribution is -2.35. The molecule has 1 N–H and O–H groups in total. The van der Waals surface area contributed by atoms with Gasteiger partial charge in [-0.15, -0.1) is 0 Å². The molecule has 0 aliphatic rings. The molecule has 9 nitrogen and oxygen atoms in total. The molecule has 0 unspecified atom stereocenters. The van der Waals surface area contributed by atoms with Crippen LogP contribution < -0.4 is 4.90 Å². The van der Waals surface area contributed by atoms with Gasteiger partial charge in [0.1, 0.15) is 4.90 Å². The van der Waals surface area contributed by atoms with E-state index in [2.05, 4.69) is 21.9 Å². The fourth-order valence-corrected chi connectivity index (χ4v) is 2.42. The second-order valence-corrected chi connectivity index (χ2v) is 5.49. The Bertz CT molecular complexity index is 962. The Balaban J connectivity index is 2.10. The summed E-state index contributed by atoms with van der Waals surface area (Å²) in [6.45, 7) is 7.60. The highest BCUT2D eigenvalue weighted by atomic mass is 16.8. The fourth-order valence-electron chi connectivity index (χ4n) is 2.42. The van der Waals surface area contributed by atoms with Crippen molar-refractivity contribution in [2.75, 3.05) is 0 Å². The number of hydrogen-bond acceptors (Lipinski definition) is 6. The van der Waals surface area contributed by atoms with Crippen molar-refractivity contribution in [1.82, 2.24) is 24.7 Å². The molecule has 3 rings (SSSR count). The number of ketones is 1. The second kappa shape index (κ2) is 5.44. The first-order valence-electron chi connectivity index (χ1n) is 7.16. The van der Waals surface area contributed by atoms with E-state index >= 15 is 0 Å². The highest BCUT2D eigenvalue weighted by Gasteiger charge is 2.36. The van der Waals surface area contributed by atoms with Crippen LogP contribution in [0.3, 0.4) is 0 Å². The zero-order chi connectivity index (χ0) is 17.6. The molecule has 0 spiro atoms. The predicted molar refractivity (Wildman–Crippen MR) is 81.3 cm³/mol. The summed E-state index contributed by atoms with van der Waals surface area (Å²) in [6, 6.07) is 0. The van der Waals surface area contributed by atoms with Crippen LogP contribution in [0, 0.1) is 13.8 Å². The molecule has 0 atom stereocenters. The zero-order valence-electron chi connectivity index (χ0n) is 13.8. The monoisotopic (exact) mass is 329 g/mol. The summed E-state index contributed by atoms with van der Waals surface area (Å²) in [7, 11) is 3.53. The Morgan fingerprint density at radius 3 is 2.21 bits per heavy atom. The molecule has 0 saturated heterocycles. The normalized spacial score (nSPS) is 11.0. The number of nitrogens with zero attached hydrogens (tertiary/aromatic N) is 6. The number of carbonyl (C=O) groups excluding carboxylic acids is 1. The molecule has 0 aliphatic heterocycles. The van der Waals surface area contributed by atoms with E-state index in [1.54, 1.807) is 36.6 Å². The smallest absolute Gasteiger partial charge is 0.316 e. The average Bonchev–Trinajstić information content (AvgIpc) is 3.19. The van der Waals surface area contributed by atoms with E-state index in [-0.39, 0.29) is 11.4 Å². The lowest BCUT2D eigenvalue weighted by Gasteiger charge is -2.00. The molecule has 0 aromatic carbocycles. The third kappa shape index (κ3) is 2.21. The number of carbonyl (C=O) groups is 1. The molecule has 0 aliphatic carbocycles. The van der Waals surface area contributed by atoms with Crippen LogP contribution >= 0.6 is 0 Å². The van der Waals surface area contributed by atoms with Crippen molar-refractivity contribution >= 4 is 11.4 Å². The molecule has 3 aromatic rings. The van der Waals surface area contributed by atoms with E-state index in [4.69, 9.17) is 4.63 Å². The van der Waals surface area contributed by atoms with E-state index in [0.29, 0.717) is 27.3 Å². The first-order chi connectivity index (χ1) is 11.3. The molecular formula is C15H17N6O3+. The first-order valence-corrected chi connectivity index (χ1v) is 7.16. The van der Waals surface area contributed by atoms with Gasteiger partial charge in [0, 0.05) is 36.6 Å². The van der Waals surface area contributed by atoms with Gasteiger partial charge in [0.15, 0.2) is 5.16 Å². The Morgan fingerprint density at radius 2 is 1.71 bits per heavy atom. The zero-order valence-corrected chi connectivity index (χ0v) is 13.8. The highest BCUT2D eigenvalue weighted by Crippen LogP contribution is 2.25. The maximum absolute atomic E-state index is 12.8. The predicted octanol–water partition coefficient (Wildman–Crippen LogP) is 0.576. The number of aromatic nitrogens is 6. The van der Waals surface area contributed by atoms with Crippen LogP contribution in [-0.4, -0.2) is 35.7 Å². The van der Waals surface area contributed by atoms with Crippen LogP contribution in [0.25, 0.3) is 5.57 Å². The molecular weight excluding hydrogens is 312 g/mol. The van der Waals surface area contributed by atoms with Gasteiger partial charge in [0.05, 0.1) is 18.0 Å². The van der Waals surface area contributed by atoms with Crippen molar-refractivity contribution in [3.63, 3.8) is 0 Å². The van der Waals surface area contributed by atoms with Gasteiger partial charge >= 0.3 is 5.69 Å². The molecule has 3 heterocycles. The molecule has 0 saturated carbocycles. The second-order valence-electron chi connectivity index (χ2n) is 5.49.